The Kier molecular flexibility index (Phi) is 9.81. The Hall–Kier alpha value is -3.26. The summed E-state index contributed by atoms with van der Waals surface area (Å²) in [7, 11) is 2.90. The highest BCUT2D eigenvalue weighted by atomic mass is 16.6. The second kappa shape index (κ2) is 12.6. The summed E-state index contributed by atoms with van der Waals surface area (Å²) in [5.74, 6) is -0.372. The first-order chi connectivity index (χ1) is 15.4. The third-order valence-corrected chi connectivity index (χ3v) is 4.70. The van der Waals surface area contributed by atoms with Crippen molar-refractivity contribution in [2.75, 3.05) is 46.6 Å². The van der Waals surface area contributed by atoms with Crippen LogP contribution in [0.1, 0.15) is 18.5 Å². The first-order valence-electron chi connectivity index (χ1n) is 9.93. The zero-order valence-electron chi connectivity index (χ0n) is 18.0. The molecule has 2 amide bonds. The van der Waals surface area contributed by atoms with Crippen molar-refractivity contribution < 1.29 is 38.3 Å². The number of imidazole rings is 1. The number of aldehydes is 1. The Labute approximate surface area is 184 Å². The van der Waals surface area contributed by atoms with Gasteiger partial charge < -0.3 is 33.9 Å². The van der Waals surface area contributed by atoms with Gasteiger partial charge in [-0.05, 0) is 17.8 Å². The van der Waals surface area contributed by atoms with Gasteiger partial charge in [-0.3, -0.25) is 9.80 Å². The molecule has 1 fully saturated rings. The number of aromatic nitrogens is 2. The van der Waals surface area contributed by atoms with Gasteiger partial charge in [-0.15, -0.1) is 0 Å². The third kappa shape index (κ3) is 6.88. The van der Waals surface area contributed by atoms with Crippen molar-refractivity contribution in [2.45, 2.75) is 25.7 Å². The molecule has 0 bridgehead atoms. The Balaban J connectivity index is 2.04. The van der Waals surface area contributed by atoms with Gasteiger partial charge in [-0.25, -0.2) is 14.2 Å². The zero-order valence-corrected chi connectivity index (χ0v) is 18.0. The summed E-state index contributed by atoms with van der Waals surface area (Å²) in [6.45, 7) is 0.295. The minimum atomic E-state index is -0.860. The van der Waals surface area contributed by atoms with Crippen molar-refractivity contribution in [1.82, 2.24) is 19.4 Å². The van der Waals surface area contributed by atoms with E-state index in [0.29, 0.717) is 38.0 Å². The Morgan fingerprint density at radius 2 is 2.16 bits per heavy atom. The maximum Gasteiger partial charge on any atom is 0.434 e. The molecule has 1 aliphatic rings. The van der Waals surface area contributed by atoms with Crippen LogP contribution in [0.15, 0.2) is 6.20 Å². The van der Waals surface area contributed by atoms with Gasteiger partial charge in [0.25, 0.3) is 0 Å². The number of methoxy groups -OCH3 is 1. The van der Waals surface area contributed by atoms with Gasteiger partial charge in [0.2, 0.25) is 0 Å². The van der Waals surface area contributed by atoms with E-state index < -0.39 is 23.3 Å². The molecule has 0 N–H and O–H groups in total. The van der Waals surface area contributed by atoms with Crippen molar-refractivity contribution in [2.24, 2.45) is 7.05 Å². The van der Waals surface area contributed by atoms with Crippen LogP contribution in [0, 0.1) is 10.1 Å². The quantitative estimate of drug-likeness (QED) is 0.212. The highest BCUT2D eigenvalue weighted by molar-refractivity contribution is 5.72. The van der Waals surface area contributed by atoms with E-state index in [1.807, 2.05) is 0 Å². The highest BCUT2D eigenvalue weighted by Crippen LogP contribution is 2.16. The van der Waals surface area contributed by atoms with Crippen LogP contribution < -0.4 is 0 Å². The fourth-order valence-electron chi connectivity index (χ4n) is 2.96. The van der Waals surface area contributed by atoms with Crippen LogP contribution in [0.3, 0.4) is 0 Å². The summed E-state index contributed by atoms with van der Waals surface area (Å²) in [6.07, 6.45) is 0.822. The molecule has 0 spiro atoms. The molecular formula is C18H27N5O9. The monoisotopic (exact) mass is 457 g/mol. The van der Waals surface area contributed by atoms with Crippen molar-refractivity contribution in [1.29, 1.82) is 0 Å². The van der Waals surface area contributed by atoms with Gasteiger partial charge in [-0.1, -0.05) is 4.98 Å². The molecule has 1 aromatic rings. The highest BCUT2D eigenvalue weighted by Gasteiger charge is 2.31. The number of nitrogens with zero attached hydrogens (tertiary/aromatic N) is 5. The summed E-state index contributed by atoms with van der Waals surface area (Å²) in [4.78, 5) is 52.5. The molecule has 178 valence electrons. The second-order valence-electron chi connectivity index (χ2n) is 6.83. The molecule has 1 unspecified atom stereocenters. The molecule has 0 aliphatic carbocycles. The lowest BCUT2D eigenvalue weighted by molar-refractivity contribution is -0.396. The molecule has 0 aromatic carbocycles. The molecule has 14 nitrogen and oxygen atoms in total. The zero-order chi connectivity index (χ0) is 23.5. The van der Waals surface area contributed by atoms with E-state index in [-0.39, 0.29) is 38.9 Å². The lowest BCUT2D eigenvalue weighted by Gasteiger charge is -2.32. The molecule has 1 saturated heterocycles. The first-order valence-corrected chi connectivity index (χ1v) is 9.93. The fraction of sp³-hybridized carbons (Fsp3) is 0.667. The maximum absolute atomic E-state index is 12.7. The maximum atomic E-state index is 12.7. The van der Waals surface area contributed by atoms with Crippen LogP contribution in [0.5, 0.6) is 0 Å². The molecular weight excluding hydrogens is 430 g/mol. The normalized spacial score (nSPS) is 16.2. The predicted octanol–water partition coefficient (Wildman–Crippen LogP) is 0.687. The largest absolute Gasteiger partial charge is 0.447 e. The molecule has 1 atom stereocenters. The van der Waals surface area contributed by atoms with E-state index in [4.69, 9.17) is 18.9 Å². The lowest BCUT2D eigenvalue weighted by Crippen LogP contribution is -2.50. The lowest BCUT2D eigenvalue weighted by atomic mass is 10.3. The van der Waals surface area contributed by atoms with Gasteiger partial charge >= 0.3 is 18.1 Å². The average molecular weight is 457 g/mol. The van der Waals surface area contributed by atoms with Crippen LogP contribution in [0.25, 0.3) is 0 Å². The van der Waals surface area contributed by atoms with E-state index >= 15 is 0 Å². The first kappa shape index (κ1) is 25.0. The predicted molar refractivity (Wildman–Crippen MR) is 107 cm³/mol. The van der Waals surface area contributed by atoms with Gasteiger partial charge in [0.15, 0.2) is 18.5 Å². The van der Waals surface area contributed by atoms with E-state index in [1.54, 1.807) is 0 Å². The molecule has 2 rings (SSSR count). The van der Waals surface area contributed by atoms with Crippen LogP contribution >= 0.6 is 0 Å². The van der Waals surface area contributed by atoms with Crippen LogP contribution in [-0.4, -0.2) is 95.5 Å². The summed E-state index contributed by atoms with van der Waals surface area (Å²) in [5, 5.41) is 10.9. The Bertz CT molecular complexity index is 800. The SMILES string of the molecule is COCCOC(=O)N(CC=O)CC1OCCCCN1C(=O)OCc1cnc([N+](=O)[O-])n1C. The van der Waals surface area contributed by atoms with Gasteiger partial charge in [-0.2, -0.15) is 0 Å². The summed E-state index contributed by atoms with van der Waals surface area (Å²) < 4.78 is 22.1. The van der Waals surface area contributed by atoms with E-state index in [9.17, 15) is 24.5 Å². The molecule has 1 aromatic heterocycles. The third-order valence-electron chi connectivity index (χ3n) is 4.70. The number of carbonyl (C=O) groups excluding carboxylic acids is 3. The second-order valence-corrected chi connectivity index (χ2v) is 6.83. The molecule has 2 heterocycles. The minimum absolute atomic E-state index is 0.0127. The summed E-state index contributed by atoms with van der Waals surface area (Å²) >= 11 is 0. The topological polar surface area (TPSA) is 156 Å². The van der Waals surface area contributed by atoms with E-state index in [0.717, 1.165) is 4.90 Å². The number of amides is 2. The number of nitro groups is 1. The van der Waals surface area contributed by atoms with Crippen LogP contribution in [0.4, 0.5) is 15.5 Å². The number of ether oxygens (including phenoxy) is 4. The molecule has 0 saturated carbocycles. The average Bonchev–Trinajstić information content (AvgIpc) is 2.98. The summed E-state index contributed by atoms with van der Waals surface area (Å²) in [5.41, 5.74) is 0.335. The Morgan fingerprint density at radius 1 is 1.38 bits per heavy atom. The van der Waals surface area contributed by atoms with E-state index in [1.165, 1.54) is 29.8 Å². The van der Waals surface area contributed by atoms with E-state index in [2.05, 4.69) is 4.98 Å². The van der Waals surface area contributed by atoms with Crippen molar-refractivity contribution in [3.8, 4) is 0 Å². The van der Waals surface area contributed by atoms with Gasteiger partial charge in [0.05, 0.1) is 26.7 Å². The van der Waals surface area contributed by atoms with Gasteiger partial charge in [0, 0.05) is 20.3 Å². The number of carbonyl (C=O) groups is 3. The molecule has 1 aliphatic heterocycles. The summed E-state index contributed by atoms with van der Waals surface area (Å²) in [6, 6.07) is 0. The fourth-order valence-corrected chi connectivity index (χ4v) is 2.96. The smallest absolute Gasteiger partial charge is 0.434 e. The number of hydrogen-bond acceptors (Lipinski definition) is 10. The van der Waals surface area contributed by atoms with Crippen LogP contribution in [0.2, 0.25) is 0 Å². The number of hydrogen-bond donors (Lipinski definition) is 0. The molecule has 32 heavy (non-hydrogen) atoms. The van der Waals surface area contributed by atoms with Crippen molar-refractivity contribution >= 4 is 24.4 Å². The minimum Gasteiger partial charge on any atom is -0.447 e. The van der Waals surface area contributed by atoms with Crippen LogP contribution in [-0.2, 0) is 37.4 Å². The van der Waals surface area contributed by atoms with Crippen molar-refractivity contribution in [3.63, 3.8) is 0 Å². The van der Waals surface area contributed by atoms with Crippen molar-refractivity contribution in [3.05, 3.63) is 22.0 Å². The number of rotatable bonds is 10. The Morgan fingerprint density at radius 3 is 2.81 bits per heavy atom. The van der Waals surface area contributed by atoms with Gasteiger partial charge in [0.1, 0.15) is 19.1 Å². The standard InChI is InChI=1S/C18H27N5O9/c1-20-14(11-19-16(20)23(27)28)13-32-18(26)22-5-3-4-8-30-15(22)12-21(6-7-24)17(25)31-10-9-29-2/h7,11,15H,3-6,8-10,12-13H2,1-2H3. The molecule has 0 radical (unpaired) electrons. The molecule has 14 heteroatoms.